The van der Waals surface area contributed by atoms with Crippen LogP contribution in [0.5, 0.6) is 0 Å². The Labute approximate surface area is 125 Å². The van der Waals surface area contributed by atoms with Crippen LogP contribution in [0.4, 0.5) is 0 Å². The van der Waals surface area contributed by atoms with Gasteiger partial charge in [-0.05, 0) is 57.0 Å². The molecule has 2 unspecified atom stereocenters. The highest BCUT2D eigenvalue weighted by Gasteiger charge is 2.36. The highest BCUT2D eigenvalue weighted by Crippen LogP contribution is 2.29. The van der Waals surface area contributed by atoms with E-state index >= 15 is 0 Å². The Bertz CT molecular complexity index is 544. The lowest BCUT2D eigenvalue weighted by Gasteiger charge is -2.44. The van der Waals surface area contributed by atoms with E-state index in [4.69, 9.17) is 0 Å². The molecule has 114 valence electrons. The third-order valence-corrected chi connectivity index (χ3v) is 5.58. The quantitative estimate of drug-likeness (QED) is 0.864. The van der Waals surface area contributed by atoms with Crippen LogP contribution in [-0.4, -0.2) is 46.7 Å². The number of carbonyl (C=O) groups is 1. The standard InChI is InChI=1S/C16H24N4O/c1-10-2-3-13-12(8-10)15(19-18-13)16(21)17-14-9-20-6-4-11(14)5-7-20/h10-11,14H,2-9H2,1H3,(H,17,21)(H,18,19). The molecule has 5 heteroatoms. The minimum atomic E-state index is 0.0281. The van der Waals surface area contributed by atoms with Crippen molar-refractivity contribution in [3.8, 4) is 0 Å². The summed E-state index contributed by atoms with van der Waals surface area (Å²) < 4.78 is 0. The maximum atomic E-state index is 12.6. The second kappa shape index (κ2) is 5.13. The van der Waals surface area contributed by atoms with E-state index in [2.05, 4.69) is 27.3 Å². The van der Waals surface area contributed by atoms with Crippen molar-refractivity contribution < 1.29 is 4.79 Å². The molecule has 2 atom stereocenters. The number of nitrogens with zero attached hydrogens (tertiary/aromatic N) is 2. The average Bonchev–Trinajstić information content (AvgIpc) is 2.91. The van der Waals surface area contributed by atoms with Crippen LogP contribution in [0.15, 0.2) is 0 Å². The van der Waals surface area contributed by atoms with Crippen LogP contribution < -0.4 is 5.32 Å². The van der Waals surface area contributed by atoms with Gasteiger partial charge in [-0.3, -0.25) is 9.89 Å². The maximum Gasteiger partial charge on any atom is 0.272 e. The highest BCUT2D eigenvalue weighted by molar-refractivity contribution is 5.94. The number of rotatable bonds is 2. The van der Waals surface area contributed by atoms with Gasteiger partial charge in [-0.15, -0.1) is 0 Å². The van der Waals surface area contributed by atoms with Crippen LogP contribution in [0.25, 0.3) is 0 Å². The van der Waals surface area contributed by atoms with Gasteiger partial charge in [0, 0.05) is 23.8 Å². The Hall–Kier alpha value is -1.36. The zero-order valence-electron chi connectivity index (χ0n) is 12.7. The van der Waals surface area contributed by atoms with E-state index in [-0.39, 0.29) is 5.91 Å². The predicted octanol–water partition coefficient (Wildman–Crippen LogP) is 1.36. The summed E-state index contributed by atoms with van der Waals surface area (Å²) in [6.07, 6.45) is 5.64. The van der Waals surface area contributed by atoms with Crippen molar-refractivity contribution in [2.45, 2.75) is 45.1 Å². The number of fused-ring (bicyclic) bond motifs is 4. The molecule has 0 spiro atoms. The minimum Gasteiger partial charge on any atom is -0.346 e. The fraction of sp³-hybridized carbons (Fsp3) is 0.750. The van der Waals surface area contributed by atoms with Gasteiger partial charge < -0.3 is 10.2 Å². The van der Waals surface area contributed by atoms with Gasteiger partial charge in [0.05, 0.1) is 0 Å². The smallest absolute Gasteiger partial charge is 0.272 e. The van der Waals surface area contributed by atoms with E-state index in [1.807, 2.05) is 0 Å². The number of amides is 1. The summed E-state index contributed by atoms with van der Waals surface area (Å²) in [4.78, 5) is 15.1. The van der Waals surface area contributed by atoms with Crippen molar-refractivity contribution in [3.63, 3.8) is 0 Å². The molecule has 2 bridgehead atoms. The van der Waals surface area contributed by atoms with E-state index in [0.717, 1.165) is 24.9 Å². The van der Waals surface area contributed by atoms with Crippen molar-refractivity contribution in [1.82, 2.24) is 20.4 Å². The molecule has 5 nitrogen and oxygen atoms in total. The predicted molar refractivity (Wildman–Crippen MR) is 80.2 cm³/mol. The molecule has 3 fully saturated rings. The lowest BCUT2D eigenvalue weighted by atomic mass is 9.83. The van der Waals surface area contributed by atoms with Gasteiger partial charge in [0.2, 0.25) is 0 Å². The number of hydrogen-bond donors (Lipinski definition) is 2. The van der Waals surface area contributed by atoms with Gasteiger partial charge in [-0.2, -0.15) is 5.10 Å². The summed E-state index contributed by atoms with van der Waals surface area (Å²) in [5.74, 6) is 1.34. The SMILES string of the molecule is CC1CCc2[nH]nc(C(=O)NC3CN4CCC3CC4)c2C1. The zero-order chi connectivity index (χ0) is 14.4. The lowest BCUT2D eigenvalue weighted by molar-refractivity contribution is 0.0617. The zero-order valence-corrected chi connectivity index (χ0v) is 12.7. The molecule has 1 amide bonds. The molecule has 1 aromatic rings. The van der Waals surface area contributed by atoms with Crippen molar-refractivity contribution in [2.75, 3.05) is 19.6 Å². The molecular weight excluding hydrogens is 264 g/mol. The molecule has 5 rings (SSSR count). The van der Waals surface area contributed by atoms with Crippen molar-refractivity contribution in [2.24, 2.45) is 11.8 Å². The van der Waals surface area contributed by atoms with Crippen molar-refractivity contribution in [1.29, 1.82) is 0 Å². The molecule has 1 aliphatic carbocycles. The van der Waals surface area contributed by atoms with Gasteiger partial charge in [0.1, 0.15) is 0 Å². The largest absolute Gasteiger partial charge is 0.346 e. The van der Waals surface area contributed by atoms with Gasteiger partial charge in [-0.1, -0.05) is 6.92 Å². The van der Waals surface area contributed by atoms with Crippen LogP contribution in [0.1, 0.15) is 47.9 Å². The number of nitrogens with one attached hydrogen (secondary N) is 2. The number of H-pyrrole nitrogens is 1. The van der Waals surface area contributed by atoms with E-state index in [1.54, 1.807) is 0 Å². The van der Waals surface area contributed by atoms with Gasteiger partial charge in [-0.25, -0.2) is 0 Å². The first kappa shape index (κ1) is 13.3. The number of aromatic nitrogens is 2. The number of carbonyl (C=O) groups excluding carboxylic acids is 1. The molecule has 0 radical (unpaired) electrons. The van der Waals surface area contributed by atoms with E-state index in [1.165, 1.54) is 38.0 Å². The second-order valence-corrected chi connectivity index (χ2v) is 7.10. The number of hydrogen-bond acceptors (Lipinski definition) is 3. The maximum absolute atomic E-state index is 12.6. The van der Waals surface area contributed by atoms with Crippen LogP contribution in [0, 0.1) is 11.8 Å². The van der Waals surface area contributed by atoms with Crippen molar-refractivity contribution >= 4 is 5.91 Å². The van der Waals surface area contributed by atoms with Gasteiger partial charge in [0.25, 0.3) is 5.91 Å². The number of aromatic amines is 1. The van der Waals surface area contributed by atoms with Gasteiger partial charge in [0.15, 0.2) is 5.69 Å². The van der Waals surface area contributed by atoms with E-state index in [0.29, 0.717) is 23.6 Å². The van der Waals surface area contributed by atoms with Crippen LogP contribution in [-0.2, 0) is 12.8 Å². The molecule has 4 heterocycles. The summed E-state index contributed by atoms with van der Waals surface area (Å²) in [5, 5.41) is 10.6. The average molecular weight is 288 g/mol. The molecule has 0 aromatic carbocycles. The summed E-state index contributed by atoms with van der Waals surface area (Å²) in [7, 11) is 0. The highest BCUT2D eigenvalue weighted by atomic mass is 16.2. The van der Waals surface area contributed by atoms with E-state index in [9.17, 15) is 4.79 Å². The lowest BCUT2D eigenvalue weighted by Crippen LogP contribution is -2.57. The minimum absolute atomic E-state index is 0.0281. The molecular formula is C16H24N4O. The molecule has 21 heavy (non-hydrogen) atoms. The molecule has 3 aliphatic heterocycles. The normalized spacial score (nSPS) is 34.5. The monoisotopic (exact) mass is 288 g/mol. The Balaban J connectivity index is 1.49. The first-order chi connectivity index (χ1) is 10.2. The third kappa shape index (κ3) is 2.37. The molecule has 3 saturated heterocycles. The first-order valence-corrected chi connectivity index (χ1v) is 8.30. The molecule has 4 aliphatic rings. The first-order valence-electron chi connectivity index (χ1n) is 8.30. The topological polar surface area (TPSA) is 61.0 Å². The van der Waals surface area contributed by atoms with E-state index < -0.39 is 0 Å². The summed E-state index contributed by atoms with van der Waals surface area (Å²) in [6, 6.07) is 0.313. The molecule has 1 aromatic heterocycles. The van der Waals surface area contributed by atoms with Crippen LogP contribution in [0.2, 0.25) is 0 Å². The fourth-order valence-corrected chi connectivity index (χ4v) is 4.22. The summed E-state index contributed by atoms with van der Waals surface area (Å²) in [6.45, 7) is 5.67. The second-order valence-electron chi connectivity index (χ2n) is 7.10. The van der Waals surface area contributed by atoms with Crippen molar-refractivity contribution in [3.05, 3.63) is 17.0 Å². The Kier molecular flexibility index (Phi) is 3.25. The Morgan fingerprint density at radius 1 is 1.33 bits per heavy atom. The summed E-state index contributed by atoms with van der Waals surface area (Å²) >= 11 is 0. The summed E-state index contributed by atoms with van der Waals surface area (Å²) in [5.41, 5.74) is 2.98. The molecule has 2 N–H and O–H groups in total. The molecule has 0 saturated carbocycles. The Morgan fingerprint density at radius 2 is 2.14 bits per heavy atom. The fourth-order valence-electron chi connectivity index (χ4n) is 4.22. The Morgan fingerprint density at radius 3 is 2.86 bits per heavy atom. The van der Waals surface area contributed by atoms with Crippen LogP contribution >= 0.6 is 0 Å². The number of piperidine rings is 3. The van der Waals surface area contributed by atoms with Gasteiger partial charge >= 0.3 is 0 Å². The third-order valence-electron chi connectivity index (χ3n) is 5.58. The number of aryl methyl sites for hydroxylation is 1. The van der Waals surface area contributed by atoms with Crippen LogP contribution in [0.3, 0.4) is 0 Å².